The van der Waals surface area contributed by atoms with Crippen molar-refractivity contribution in [3.05, 3.63) is 32.2 Å². The summed E-state index contributed by atoms with van der Waals surface area (Å²) in [5, 5.41) is 0. The van der Waals surface area contributed by atoms with Gasteiger partial charge < -0.3 is 0 Å². The van der Waals surface area contributed by atoms with Gasteiger partial charge in [0.2, 0.25) is 0 Å². The Morgan fingerprint density at radius 2 is 1.47 bits per heavy atom. The minimum absolute atomic E-state index is 0.284. The van der Waals surface area contributed by atoms with E-state index in [1.807, 2.05) is 0 Å². The van der Waals surface area contributed by atoms with Crippen molar-refractivity contribution < 1.29 is 17.6 Å². The summed E-state index contributed by atoms with van der Waals surface area (Å²) in [6.07, 6.45) is -5.08. The average molecular weight is 376 g/mol. The molecule has 6 heteroatoms. The molecule has 0 saturated carbocycles. The van der Waals surface area contributed by atoms with Gasteiger partial charge in [0.05, 0.1) is 0 Å². The smallest absolute Gasteiger partial charge is 0.250 e. The van der Waals surface area contributed by atoms with E-state index in [4.69, 9.17) is 0 Å². The highest BCUT2D eigenvalue weighted by Crippen LogP contribution is 2.50. The highest BCUT2D eigenvalue weighted by molar-refractivity contribution is 9.13. The predicted molar refractivity (Wildman–Crippen MR) is 63.7 cm³/mol. The molecular weight excluding hydrogens is 368 g/mol. The van der Waals surface area contributed by atoms with Gasteiger partial charge in [-0.3, -0.25) is 4.39 Å². The Hall–Kier alpha value is -0.100. The molecule has 0 spiro atoms. The van der Waals surface area contributed by atoms with E-state index in [1.54, 1.807) is 12.1 Å². The van der Waals surface area contributed by atoms with Crippen molar-refractivity contribution in [3.63, 3.8) is 0 Å². The van der Waals surface area contributed by atoms with E-state index in [0.717, 1.165) is 0 Å². The zero-order valence-corrected chi connectivity index (χ0v) is 11.7. The molecule has 0 amide bonds. The topological polar surface area (TPSA) is 0 Å². The van der Waals surface area contributed by atoms with Crippen LogP contribution in [0.1, 0.15) is 11.1 Å². The lowest BCUT2D eigenvalue weighted by molar-refractivity contribution is -0.225. The largest absolute Gasteiger partial charge is 0.397 e. The molecule has 0 radical (unpaired) electrons. The van der Waals surface area contributed by atoms with Crippen LogP contribution < -0.4 is 0 Å². The first-order valence-corrected chi connectivity index (χ1v) is 6.47. The molecule has 0 heterocycles. The summed E-state index contributed by atoms with van der Waals surface area (Å²) in [7, 11) is 0. The molecule has 0 aromatic heterocycles. The quantitative estimate of drug-likeness (QED) is 0.617. The van der Waals surface area contributed by atoms with E-state index >= 15 is 0 Å². The van der Waals surface area contributed by atoms with E-state index in [2.05, 4.69) is 31.9 Å². The highest BCUT2D eigenvalue weighted by atomic mass is 79.9. The monoisotopic (exact) mass is 374 g/mol. The van der Waals surface area contributed by atoms with Gasteiger partial charge in [-0.05, 0) is 68.0 Å². The Bertz CT molecular complexity index is 423. The minimum Gasteiger partial charge on any atom is -0.250 e. The number of hydrogen-bond donors (Lipinski definition) is 0. The third-order valence-corrected chi connectivity index (χ3v) is 5.00. The molecule has 94 valence electrons. The van der Waals surface area contributed by atoms with Crippen molar-refractivity contribution in [1.82, 2.24) is 0 Å². The lowest BCUT2D eigenvalue weighted by Gasteiger charge is -2.28. The molecular formula is C11H8Br2F4. The van der Waals surface area contributed by atoms with Crippen molar-refractivity contribution in [1.29, 1.82) is 0 Å². The first kappa shape index (κ1) is 13.3. The van der Waals surface area contributed by atoms with Crippen LogP contribution in [0.3, 0.4) is 0 Å². The highest BCUT2D eigenvalue weighted by Gasteiger charge is 2.57. The summed E-state index contributed by atoms with van der Waals surface area (Å²) in [6.45, 7) is -1.37. The van der Waals surface area contributed by atoms with E-state index in [9.17, 15) is 17.6 Å². The number of hydrogen-bond acceptors (Lipinski definition) is 0. The second kappa shape index (κ2) is 4.23. The lowest BCUT2D eigenvalue weighted by atomic mass is 9.85. The molecule has 1 aromatic rings. The number of fused-ring (bicyclic) bond motifs is 1. The maximum atomic E-state index is 12.9. The zero-order chi connectivity index (χ0) is 12.8. The van der Waals surface area contributed by atoms with Crippen LogP contribution in [0.15, 0.2) is 21.1 Å². The summed E-state index contributed by atoms with van der Waals surface area (Å²) in [5.74, 6) is 0. The first-order valence-electron chi connectivity index (χ1n) is 4.88. The molecule has 0 nitrogen and oxygen atoms in total. The Morgan fingerprint density at radius 1 is 1.06 bits per heavy atom. The van der Waals surface area contributed by atoms with Crippen LogP contribution in [-0.2, 0) is 12.8 Å². The molecule has 0 unspecified atom stereocenters. The van der Waals surface area contributed by atoms with Crippen molar-refractivity contribution >= 4 is 31.9 Å². The molecule has 0 atom stereocenters. The van der Waals surface area contributed by atoms with Crippen molar-refractivity contribution in [2.45, 2.75) is 19.0 Å². The summed E-state index contributed by atoms with van der Waals surface area (Å²) >= 11 is 6.47. The van der Waals surface area contributed by atoms with E-state index in [0.29, 0.717) is 20.1 Å². The maximum absolute atomic E-state index is 12.9. The third kappa shape index (κ3) is 2.14. The van der Waals surface area contributed by atoms with E-state index in [-0.39, 0.29) is 12.8 Å². The molecule has 1 aliphatic rings. The Morgan fingerprint density at radius 3 is 1.76 bits per heavy atom. The fraction of sp³-hybridized carbons (Fsp3) is 0.455. The fourth-order valence-corrected chi connectivity index (χ4v) is 2.90. The van der Waals surface area contributed by atoms with Crippen molar-refractivity contribution in [2.75, 3.05) is 6.67 Å². The predicted octanol–water partition coefficient (Wildman–Crippen LogP) is 4.83. The van der Waals surface area contributed by atoms with Gasteiger partial charge in [0.1, 0.15) is 12.1 Å². The zero-order valence-electron chi connectivity index (χ0n) is 8.54. The van der Waals surface area contributed by atoms with E-state index in [1.165, 1.54) is 0 Å². The van der Waals surface area contributed by atoms with Crippen LogP contribution in [0.25, 0.3) is 0 Å². The van der Waals surface area contributed by atoms with E-state index < -0.39 is 18.3 Å². The van der Waals surface area contributed by atoms with Crippen LogP contribution in [0, 0.1) is 5.41 Å². The fourth-order valence-electron chi connectivity index (χ4n) is 2.12. The van der Waals surface area contributed by atoms with Gasteiger partial charge in [-0.1, -0.05) is 0 Å². The molecule has 2 rings (SSSR count). The average Bonchev–Trinajstić information content (AvgIpc) is 2.57. The van der Waals surface area contributed by atoms with Crippen LogP contribution in [0.5, 0.6) is 0 Å². The first-order chi connectivity index (χ1) is 7.79. The SMILES string of the molecule is FCC1(C(F)(F)F)Cc2cc(Br)c(Br)cc2C1. The molecule has 0 bridgehead atoms. The van der Waals surface area contributed by atoms with Crippen LogP contribution >= 0.6 is 31.9 Å². The Labute approximate surface area is 113 Å². The molecule has 17 heavy (non-hydrogen) atoms. The standard InChI is InChI=1S/C11H8Br2F4/c12-8-1-6-3-10(5-14,11(15,16)17)4-7(6)2-9(8)13/h1-2H,3-5H2. The minimum atomic E-state index is -4.51. The van der Waals surface area contributed by atoms with Crippen LogP contribution in [0.2, 0.25) is 0 Å². The van der Waals surface area contributed by atoms with Crippen LogP contribution in [0.4, 0.5) is 17.6 Å². The molecule has 1 aromatic carbocycles. The summed E-state index contributed by atoms with van der Waals surface area (Å²) in [5.41, 5.74) is -1.11. The van der Waals surface area contributed by atoms with Gasteiger partial charge >= 0.3 is 6.18 Å². The van der Waals surface area contributed by atoms with Gasteiger partial charge in [-0.2, -0.15) is 13.2 Å². The van der Waals surface area contributed by atoms with Gasteiger partial charge in [-0.25, -0.2) is 0 Å². The number of rotatable bonds is 1. The summed E-state index contributed by atoms with van der Waals surface area (Å²) < 4.78 is 53.0. The second-order valence-corrected chi connectivity index (χ2v) is 6.01. The summed E-state index contributed by atoms with van der Waals surface area (Å²) in [6, 6.07) is 3.26. The molecule has 0 N–H and O–H groups in total. The van der Waals surface area contributed by atoms with Gasteiger partial charge in [0.25, 0.3) is 0 Å². The number of alkyl halides is 4. The van der Waals surface area contributed by atoms with Gasteiger partial charge in [0.15, 0.2) is 0 Å². The molecule has 0 aliphatic heterocycles. The number of halogens is 6. The normalized spacial score (nSPS) is 18.2. The van der Waals surface area contributed by atoms with Crippen molar-refractivity contribution in [2.24, 2.45) is 5.41 Å². The van der Waals surface area contributed by atoms with Crippen molar-refractivity contribution in [3.8, 4) is 0 Å². The molecule has 0 saturated heterocycles. The Balaban J connectivity index is 2.44. The van der Waals surface area contributed by atoms with Gasteiger partial charge in [0, 0.05) is 8.95 Å². The van der Waals surface area contributed by atoms with Crippen LogP contribution in [-0.4, -0.2) is 12.9 Å². The lowest BCUT2D eigenvalue weighted by Crippen LogP contribution is -2.40. The summed E-state index contributed by atoms with van der Waals surface area (Å²) in [4.78, 5) is 0. The maximum Gasteiger partial charge on any atom is 0.397 e. The molecule has 0 fully saturated rings. The second-order valence-electron chi connectivity index (χ2n) is 4.30. The van der Waals surface area contributed by atoms with Gasteiger partial charge in [-0.15, -0.1) is 0 Å². The Kier molecular flexibility index (Phi) is 3.32. The number of benzene rings is 1. The molecule has 1 aliphatic carbocycles. The third-order valence-electron chi connectivity index (χ3n) is 3.16.